The van der Waals surface area contributed by atoms with Gasteiger partial charge in [0, 0.05) is 24.4 Å². The molecule has 1 aliphatic rings. The van der Waals surface area contributed by atoms with Crippen LogP contribution in [0.2, 0.25) is 0 Å². The Morgan fingerprint density at radius 3 is 2.43 bits per heavy atom. The summed E-state index contributed by atoms with van der Waals surface area (Å²) in [5.74, 6) is -2.11. The number of cyclic esters (lactones) is 1. The molecule has 1 atom stereocenters. The van der Waals surface area contributed by atoms with Crippen molar-refractivity contribution in [3.05, 3.63) is 83.2 Å². The summed E-state index contributed by atoms with van der Waals surface area (Å²) in [6.45, 7) is -0.133. The Morgan fingerprint density at radius 2 is 1.76 bits per heavy atom. The molecule has 1 N–H and O–H groups in total. The van der Waals surface area contributed by atoms with Crippen molar-refractivity contribution < 1.29 is 46.8 Å². The smallest absolute Gasteiger partial charge is 0.420 e. The summed E-state index contributed by atoms with van der Waals surface area (Å²) in [4.78, 5) is 17.4. The highest BCUT2D eigenvalue weighted by Crippen LogP contribution is 2.44. The van der Waals surface area contributed by atoms with Gasteiger partial charge in [-0.1, -0.05) is 12.1 Å². The minimum Gasteiger partial charge on any atom is -0.505 e. The fraction of sp³-hybridized carbons (Fsp3) is 0.231. The highest BCUT2D eigenvalue weighted by molar-refractivity contribution is 6.24. The van der Waals surface area contributed by atoms with Crippen LogP contribution in [-0.2, 0) is 20.4 Å². The van der Waals surface area contributed by atoms with E-state index in [-0.39, 0.29) is 24.7 Å². The van der Waals surface area contributed by atoms with Crippen molar-refractivity contribution in [3.63, 3.8) is 0 Å². The first-order chi connectivity index (χ1) is 17.7. The van der Waals surface area contributed by atoms with Gasteiger partial charge >= 0.3 is 12.1 Å². The molecule has 0 saturated carbocycles. The summed E-state index contributed by atoms with van der Waals surface area (Å²) in [5.41, 5.74) is -2.50. The van der Waals surface area contributed by atoms with Gasteiger partial charge in [-0.05, 0) is 42.5 Å². The van der Waals surface area contributed by atoms with Crippen LogP contribution in [0, 0.1) is 0 Å². The maximum absolute atomic E-state index is 14.3. The lowest BCUT2D eigenvalue weighted by molar-refractivity contribution is -0.157. The van der Waals surface area contributed by atoms with Crippen molar-refractivity contribution in [1.82, 2.24) is 4.98 Å². The standard InChI is InChI=1S/C26H22F3NO7/c1-33-13-14-35-18-6-3-5-17(21(18)26(27,28)29)20-23(31)22-19(7-4-12-30-22)36-25(37-24(20)32)15-8-10-16(34-2)11-9-15/h3-12,25,31H,13-14H2,1-2H3/b23-20+. The highest BCUT2D eigenvalue weighted by atomic mass is 19.4. The van der Waals surface area contributed by atoms with Crippen molar-refractivity contribution in [1.29, 1.82) is 0 Å². The summed E-state index contributed by atoms with van der Waals surface area (Å²) in [6, 6.07) is 12.7. The molecule has 0 aliphatic carbocycles. The van der Waals surface area contributed by atoms with Gasteiger partial charge in [-0.3, -0.25) is 0 Å². The maximum Gasteiger partial charge on any atom is 0.420 e. The molecule has 0 saturated heterocycles. The van der Waals surface area contributed by atoms with Crippen LogP contribution in [0.15, 0.2) is 60.8 Å². The van der Waals surface area contributed by atoms with Crippen LogP contribution in [0.5, 0.6) is 17.2 Å². The number of carbonyl (C=O) groups is 1. The zero-order valence-electron chi connectivity index (χ0n) is 19.7. The quantitative estimate of drug-likeness (QED) is 0.338. The molecule has 1 unspecified atom stereocenters. The number of halogens is 3. The van der Waals surface area contributed by atoms with Gasteiger partial charge in [0.2, 0.25) is 0 Å². The van der Waals surface area contributed by atoms with Gasteiger partial charge in [0.05, 0.1) is 13.7 Å². The van der Waals surface area contributed by atoms with Gasteiger partial charge < -0.3 is 28.8 Å². The third-order valence-corrected chi connectivity index (χ3v) is 5.40. The van der Waals surface area contributed by atoms with E-state index in [4.69, 9.17) is 23.7 Å². The summed E-state index contributed by atoms with van der Waals surface area (Å²) in [5, 5.41) is 11.1. The second-order valence-corrected chi connectivity index (χ2v) is 7.72. The fourth-order valence-electron chi connectivity index (χ4n) is 3.70. The summed E-state index contributed by atoms with van der Waals surface area (Å²) >= 11 is 0. The van der Waals surface area contributed by atoms with E-state index in [1.54, 1.807) is 24.3 Å². The molecule has 0 spiro atoms. The molecular formula is C26H22F3NO7. The maximum atomic E-state index is 14.3. The number of carbonyl (C=O) groups excluding carboxylic acids is 1. The van der Waals surface area contributed by atoms with E-state index in [2.05, 4.69) is 4.98 Å². The van der Waals surface area contributed by atoms with E-state index in [1.165, 1.54) is 38.6 Å². The topological polar surface area (TPSA) is 96.3 Å². The minimum atomic E-state index is -4.95. The molecule has 0 bridgehead atoms. The molecule has 1 aliphatic heterocycles. The summed E-state index contributed by atoms with van der Waals surface area (Å²) in [7, 11) is 2.86. The Kier molecular flexibility index (Phi) is 7.53. The number of aromatic nitrogens is 1. The largest absolute Gasteiger partial charge is 0.505 e. The number of pyridine rings is 1. The Morgan fingerprint density at radius 1 is 1.00 bits per heavy atom. The minimum absolute atomic E-state index is 0.00752. The lowest BCUT2D eigenvalue weighted by Crippen LogP contribution is -2.23. The third kappa shape index (κ3) is 5.46. The molecule has 2 aromatic carbocycles. The first kappa shape index (κ1) is 25.8. The molecule has 194 valence electrons. The number of benzene rings is 2. The average Bonchev–Trinajstić information content (AvgIpc) is 2.87. The second-order valence-electron chi connectivity index (χ2n) is 7.72. The number of alkyl halides is 3. The molecule has 0 amide bonds. The molecule has 2 heterocycles. The molecule has 0 radical (unpaired) electrons. The number of hydrogen-bond acceptors (Lipinski definition) is 8. The fourth-order valence-corrected chi connectivity index (χ4v) is 3.70. The molecular weight excluding hydrogens is 495 g/mol. The van der Waals surface area contributed by atoms with Crippen LogP contribution in [0.1, 0.15) is 28.7 Å². The molecule has 3 aromatic rings. The highest BCUT2D eigenvalue weighted by Gasteiger charge is 2.41. The van der Waals surface area contributed by atoms with Crippen molar-refractivity contribution in [3.8, 4) is 17.2 Å². The molecule has 8 nitrogen and oxygen atoms in total. The number of aliphatic hydroxyl groups excluding tert-OH is 1. The third-order valence-electron chi connectivity index (χ3n) is 5.40. The Labute approximate surface area is 209 Å². The number of nitrogens with zero attached hydrogens (tertiary/aromatic N) is 1. The normalized spacial score (nSPS) is 17.6. The number of esters is 1. The van der Waals surface area contributed by atoms with E-state index in [0.29, 0.717) is 11.3 Å². The lowest BCUT2D eigenvalue weighted by Gasteiger charge is -2.26. The van der Waals surface area contributed by atoms with Crippen LogP contribution < -0.4 is 14.2 Å². The van der Waals surface area contributed by atoms with E-state index in [0.717, 1.165) is 12.1 Å². The number of fused-ring (bicyclic) bond motifs is 1. The van der Waals surface area contributed by atoms with Gasteiger partial charge in [0.1, 0.15) is 34.9 Å². The van der Waals surface area contributed by atoms with Gasteiger partial charge in [-0.15, -0.1) is 0 Å². The van der Waals surface area contributed by atoms with E-state index in [9.17, 15) is 23.1 Å². The molecule has 37 heavy (non-hydrogen) atoms. The SMILES string of the molecule is COCCOc1cccc(/C2=C(\O)c3ncccc3OC(c3ccc(OC)cc3)OC2=O)c1C(F)(F)F. The number of hydrogen-bond donors (Lipinski definition) is 1. The molecule has 4 rings (SSSR count). The van der Waals surface area contributed by atoms with Crippen LogP contribution in [-0.4, -0.2) is 43.5 Å². The van der Waals surface area contributed by atoms with Gasteiger partial charge in [-0.25, -0.2) is 9.78 Å². The predicted molar refractivity (Wildman–Crippen MR) is 125 cm³/mol. The van der Waals surface area contributed by atoms with Crippen molar-refractivity contribution in [2.75, 3.05) is 27.4 Å². The number of rotatable bonds is 7. The number of ether oxygens (including phenoxy) is 5. The van der Waals surface area contributed by atoms with Gasteiger partial charge in [-0.2, -0.15) is 13.2 Å². The molecule has 1 aromatic heterocycles. The Hall–Kier alpha value is -4.25. The monoisotopic (exact) mass is 517 g/mol. The van der Waals surface area contributed by atoms with Gasteiger partial charge in [0.25, 0.3) is 6.29 Å². The van der Waals surface area contributed by atoms with Crippen molar-refractivity contribution in [2.45, 2.75) is 12.5 Å². The zero-order valence-corrected chi connectivity index (χ0v) is 19.7. The van der Waals surface area contributed by atoms with Crippen LogP contribution >= 0.6 is 0 Å². The van der Waals surface area contributed by atoms with Crippen molar-refractivity contribution >= 4 is 17.3 Å². The lowest BCUT2D eigenvalue weighted by atomic mass is 9.95. The Bertz CT molecular complexity index is 1310. The number of aliphatic hydroxyl groups is 1. The summed E-state index contributed by atoms with van der Waals surface area (Å²) in [6.07, 6.45) is -5.01. The first-order valence-electron chi connectivity index (χ1n) is 11.0. The zero-order chi connectivity index (χ0) is 26.6. The van der Waals surface area contributed by atoms with E-state index < -0.39 is 46.6 Å². The average molecular weight is 517 g/mol. The first-order valence-corrected chi connectivity index (χ1v) is 11.0. The number of methoxy groups -OCH3 is 2. The Balaban J connectivity index is 1.89. The second kappa shape index (κ2) is 10.8. The van der Waals surface area contributed by atoms with E-state index >= 15 is 0 Å². The van der Waals surface area contributed by atoms with Crippen LogP contribution in [0.25, 0.3) is 11.3 Å². The summed E-state index contributed by atoms with van der Waals surface area (Å²) < 4.78 is 69.4. The molecule has 0 fully saturated rings. The van der Waals surface area contributed by atoms with Crippen molar-refractivity contribution in [2.24, 2.45) is 0 Å². The van der Waals surface area contributed by atoms with E-state index in [1.807, 2.05) is 0 Å². The van der Waals surface area contributed by atoms with Gasteiger partial charge in [0.15, 0.2) is 11.5 Å². The van der Waals surface area contributed by atoms with Crippen LogP contribution in [0.3, 0.4) is 0 Å². The van der Waals surface area contributed by atoms with Crippen LogP contribution in [0.4, 0.5) is 13.2 Å². The molecule has 11 heteroatoms. The predicted octanol–water partition coefficient (Wildman–Crippen LogP) is 5.19.